The number of aldehydes is 1. The normalized spacial score (nSPS) is 9.50. The molecule has 0 aromatic heterocycles. The topological polar surface area (TPSA) is 53.3 Å². The molecule has 0 spiro atoms. The first-order valence-corrected chi connectivity index (χ1v) is 2.34. The van der Waals surface area contributed by atoms with Gasteiger partial charge in [0.2, 0.25) is 0 Å². The van der Waals surface area contributed by atoms with Gasteiger partial charge in [-0.25, -0.2) is 0 Å². The Morgan fingerprint density at radius 1 is 1.62 bits per heavy atom. The number of nitrogens with zero attached hydrogens (tertiary/aromatic N) is 1. The standard InChI is InChI=1S/C5H8N2O/c6-2-1-3-7-4-5-8/h2,4-6H,1,3H2. The molecule has 0 aliphatic rings. The Hall–Kier alpha value is -0.990. The maximum Gasteiger partial charge on any atom is 0.160 e. The zero-order valence-electron chi connectivity index (χ0n) is 4.50. The Balaban J connectivity index is 3.02. The van der Waals surface area contributed by atoms with Gasteiger partial charge in [0.15, 0.2) is 6.29 Å². The van der Waals surface area contributed by atoms with Gasteiger partial charge >= 0.3 is 0 Å². The molecule has 3 heteroatoms. The van der Waals surface area contributed by atoms with E-state index in [2.05, 4.69) is 4.99 Å². The Labute approximate surface area is 47.9 Å². The van der Waals surface area contributed by atoms with Gasteiger partial charge in [0.05, 0.1) is 6.21 Å². The molecule has 44 valence electrons. The predicted molar refractivity (Wildman–Crippen MR) is 32.8 cm³/mol. The van der Waals surface area contributed by atoms with Gasteiger partial charge in [-0.15, -0.1) is 0 Å². The molecule has 0 rings (SSSR count). The highest BCUT2D eigenvalue weighted by Crippen LogP contribution is 1.70. The first kappa shape index (κ1) is 7.01. The molecule has 0 aliphatic carbocycles. The highest BCUT2D eigenvalue weighted by Gasteiger charge is 1.72. The van der Waals surface area contributed by atoms with E-state index in [9.17, 15) is 4.79 Å². The first-order chi connectivity index (χ1) is 3.91. The van der Waals surface area contributed by atoms with E-state index in [1.54, 1.807) is 0 Å². The van der Waals surface area contributed by atoms with E-state index in [-0.39, 0.29) is 0 Å². The van der Waals surface area contributed by atoms with Crippen LogP contribution in [0.15, 0.2) is 4.99 Å². The van der Waals surface area contributed by atoms with Gasteiger partial charge in [-0.05, 0) is 6.21 Å². The maximum atomic E-state index is 9.56. The molecule has 0 aliphatic heterocycles. The number of nitrogens with one attached hydrogen (secondary N) is 1. The van der Waals surface area contributed by atoms with Crippen molar-refractivity contribution in [2.24, 2.45) is 4.99 Å². The molecule has 0 heterocycles. The van der Waals surface area contributed by atoms with Crippen molar-refractivity contribution in [2.45, 2.75) is 6.42 Å². The quantitative estimate of drug-likeness (QED) is 0.317. The monoisotopic (exact) mass is 112 g/mol. The van der Waals surface area contributed by atoms with Crippen molar-refractivity contribution < 1.29 is 4.79 Å². The fraction of sp³-hybridized carbons (Fsp3) is 0.400. The molecule has 0 bridgehead atoms. The van der Waals surface area contributed by atoms with Gasteiger partial charge < -0.3 is 5.41 Å². The number of hydrogen-bond acceptors (Lipinski definition) is 3. The van der Waals surface area contributed by atoms with Gasteiger partial charge in [0.1, 0.15) is 0 Å². The first-order valence-electron chi connectivity index (χ1n) is 2.34. The summed E-state index contributed by atoms with van der Waals surface area (Å²) in [4.78, 5) is 13.2. The van der Waals surface area contributed by atoms with E-state index < -0.39 is 0 Å². The molecule has 0 saturated carbocycles. The molecule has 0 fully saturated rings. The van der Waals surface area contributed by atoms with Crippen LogP contribution in [-0.2, 0) is 4.79 Å². The Morgan fingerprint density at radius 2 is 2.38 bits per heavy atom. The van der Waals surface area contributed by atoms with Crippen molar-refractivity contribution in [3.8, 4) is 0 Å². The van der Waals surface area contributed by atoms with Crippen LogP contribution < -0.4 is 0 Å². The fourth-order valence-electron chi connectivity index (χ4n) is 0.257. The summed E-state index contributed by atoms with van der Waals surface area (Å²) in [7, 11) is 0. The lowest BCUT2D eigenvalue weighted by Crippen LogP contribution is -1.81. The third-order valence-electron chi connectivity index (χ3n) is 0.569. The lowest BCUT2D eigenvalue weighted by atomic mass is 10.5. The zero-order chi connectivity index (χ0) is 6.24. The molecule has 0 saturated heterocycles. The SMILES string of the molecule is N=CCCN=CC=O. The summed E-state index contributed by atoms with van der Waals surface area (Å²) in [6, 6.07) is 0. The van der Waals surface area contributed by atoms with E-state index in [1.165, 1.54) is 12.4 Å². The summed E-state index contributed by atoms with van der Waals surface area (Å²) in [6.07, 6.45) is 3.71. The van der Waals surface area contributed by atoms with Crippen molar-refractivity contribution in [1.29, 1.82) is 5.41 Å². The smallest absolute Gasteiger partial charge is 0.160 e. The third-order valence-corrected chi connectivity index (χ3v) is 0.569. The molecule has 0 radical (unpaired) electrons. The molecular weight excluding hydrogens is 104 g/mol. The highest BCUT2D eigenvalue weighted by molar-refractivity contribution is 6.12. The van der Waals surface area contributed by atoms with Gasteiger partial charge in [-0.2, -0.15) is 0 Å². The van der Waals surface area contributed by atoms with Crippen molar-refractivity contribution in [1.82, 2.24) is 0 Å². The number of hydrogen-bond donors (Lipinski definition) is 1. The second-order valence-corrected chi connectivity index (χ2v) is 1.18. The van der Waals surface area contributed by atoms with E-state index >= 15 is 0 Å². The number of rotatable bonds is 4. The maximum absolute atomic E-state index is 9.56. The van der Waals surface area contributed by atoms with Crippen LogP contribution in [0.2, 0.25) is 0 Å². The van der Waals surface area contributed by atoms with Gasteiger partial charge in [0, 0.05) is 13.0 Å². The molecule has 0 unspecified atom stereocenters. The van der Waals surface area contributed by atoms with Crippen LogP contribution in [0.1, 0.15) is 6.42 Å². The average molecular weight is 112 g/mol. The minimum Gasteiger partial charge on any atom is -0.313 e. The van der Waals surface area contributed by atoms with Crippen molar-refractivity contribution >= 4 is 18.7 Å². The Bertz CT molecular complexity index is 98.6. The van der Waals surface area contributed by atoms with Crippen LogP contribution in [0.5, 0.6) is 0 Å². The zero-order valence-corrected chi connectivity index (χ0v) is 4.50. The van der Waals surface area contributed by atoms with Crippen LogP contribution in [-0.4, -0.2) is 25.3 Å². The van der Waals surface area contributed by atoms with Crippen LogP contribution in [0.25, 0.3) is 0 Å². The summed E-state index contributed by atoms with van der Waals surface area (Å²) in [6.45, 7) is 0.544. The molecule has 0 aromatic carbocycles. The third kappa shape index (κ3) is 5.01. The lowest BCUT2D eigenvalue weighted by molar-refractivity contribution is -0.102. The van der Waals surface area contributed by atoms with E-state index in [0.29, 0.717) is 19.3 Å². The molecule has 3 nitrogen and oxygen atoms in total. The fourth-order valence-corrected chi connectivity index (χ4v) is 0.257. The summed E-state index contributed by atoms with van der Waals surface area (Å²) >= 11 is 0. The second kappa shape index (κ2) is 6.01. The summed E-state index contributed by atoms with van der Waals surface area (Å²) in [5.74, 6) is 0. The van der Waals surface area contributed by atoms with Gasteiger partial charge in [-0.3, -0.25) is 9.79 Å². The van der Waals surface area contributed by atoms with Crippen molar-refractivity contribution in [2.75, 3.05) is 6.54 Å². The molecule has 0 aromatic rings. The number of aliphatic imine (C=N–C) groups is 1. The van der Waals surface area contributed by atoms with Crippen LogP contribution >= 0.6 is 0 Å². The summed E-state index contributed by atoms with van der Waals surface area (Å²) < 4.78 is 0. The van der Waals surface area contributed by atoms with Crippen LogP contribution in [0.3, 0.4) is 0 Å². The average Bonchev–Trinajstić information content (AvgIpc) is 1.81. The minimum atomic E-state index is 0.544. The summed E-state index contributed by atoms with van der Waals surface area (Å²) in [5, 5.41) is 6.55. The second-order valence-electron chi connectivity index (χ2n) is 1.18. The highest BCUT2D eigenvalue weighted by atomic mass is 16.1. The Morgan fingerprint density at radius 3 is 2.88 bits per heavy atom. The molecule has 0 amide bonds. The lowest BCUT2D eigenvalue weighted by Gasteiger charge is -1.79. The van der Waals surface area contributed by atoms with Gasteiger partial charge in [0.25, 0.3) is 0 Å². The predicted octanol–water partition coefficient (Wildman–Crippen LogP) is 0.296. The van der Waals surface area contributed by atoms with Crippen molar-refractivity contribution in [3.63, 3.8) is 0 Å². The largest absolute Gasteiger partial charge is 0.313 e. The molecule has 0 atom stereocenters. The summed E-state index contributed by atoms with van der Waals surface area (Å²) in [5.41, 5.74) is 0. The van der Waals surface area contributed by atoms with Crippen molar-refractivity contribution in [3.05, 3.63) is 0 Å². The number of carbonyl (C=O) groups excluding carboxylic acids is 1. The minimum absolute atomic E-state index is 0.544. The van der Waals surface area contributed by atoms with E-state index in [0.717, 1.165) is 0 Å². The van der Waals surface area contributed by atoms with Gasteiger partial charge in [-0.1, -0.05) is 0 Å². The van der Waals surface area contributed by atoms with Crippen LogP contribution in [0.4, 0.5) is 0 Å². The van der Waals surface area contributed by atoms with E-state index in [4.69, 9.17) is 5.41 Å². The van der Waals surface area contributed by atoms with E-state index in [1.807, 2.05) is 0 Å². The molecule has 8 heavy (non-hydrogen) atoms. The Kier molecular flexibility index (Phi) is 5.27. The van der Waals surface area contributed by atoms with Crippen LogP contribution in [0, 0.1) is 5.41 Å². The molecular formula is C5H8N2O. The molecule has 1 N–H and O–H groups in total. The number of carbonyl (C=O) groups is 1.